The molecular weight excluding hydrogens is 428 g/mol. The zero-order valence-electron chi connectivity index (χ0n) is 19.1. The topological polar surface area (TPSA) is 70.4 Å². The average molecular weight is 453 g/mol. The van der Waals surface area contributed by atoms with Gasteiger partial charge in [-0.05, 0) is 30.7 Å². The molecule has 4 aromatic rings. The van der Waals surface area contributed by atoms with Crippen LogP contribution in [0, 0.1) is 6.92 Å². The minimum Gasteiger partial charge on any atom is -0.493 e. The van der Waals surface area contributed by atoms with Gasteiger partial charge in [0.25, 0.3) is 0 Å². The van der Waals surface area contributed by atoms with Crippen LogP contribution in [0.2, 0.25) is 0 Å². The Morgan fingerprint density at radius 1 is 0.971 bits per heavy atom. The quantitative estimate of drug-likeness (QED) is 0.461. The van der Waals surface area contributed by atoms with Crippen LogP contribution in [0.4, 0.5) is 5.95 Å². The van der Waals surface area contributed by atoms with Crippen molar-refractivity contribution in [1.82, 2.24) is 14.8 Å². The molecule has 7 nitrogen and oxygen atoms in total. The monoisotopic (exact) mass is 452 g/mol. The second kappa shape index (κ2) is 7.95. The van der Waals surface area contributed by atoms with E-state index in [1.54, 1.807) is 20.5 Å². The van der Waals surface area contributed by atoms with Gasteiger partial charge in [0.1, 0.15) is 24.2 Å². The van der Waals surface area contributed by atoms with E-state index in [1.807, 2.05) is 41.1 Å². The number of methoxy groups -OCH3 is 2. The van der Waals surface area contributed by atoms with Gasteiger partial charge in [0.2, 0.25) is 5.95 Å². The Morgan fingerprint density at radius 2 is 1.82 bits per heavy atom. The zero-order valence-corrected chi connectivity index (χ0v) is 19.1. The number of benzene rings is 3. The van der Waals surface area contributed by atoms with Gasteiger partial charge in [-0.25, -0.2) is 4.68 Å². The van der Waals surface area contributed by atoms with E-state index in [0.717, 1.165) is 33.7 Å². The minimum atomic E-state index is -0.337. The van der Waals surface area contributed by atoms with Gasteiger partial charge in [0, 0.05) is 16.7 Å². The third kappa shape index (κ3) is 3.04. The van der Waals surface area contributed by atoms with Crippen molar-refractivity contribution in [2.75, 3.05) is 19.5 Å². The van der Waals surface area contributed by atoms with Crippen LogP contribution >= 0.6 is 0 Å². The number of rotatable bonds is 4. The SMILES string of the molecule is COc1cccc([C@@H]2C3=C(Nc4ncnn42)c2ccccc2O[C@H]3c2cccc(C)c2)c1OC. The molecule has 1 N–H and O–H groups in total. The number of para-hydroxylation sites is 2. The molecule has 3 heterocycles. The number of nitrogens with zero attached hydrogens (tertiary/aromatic N) is 3. The summed E-state index contributed by atoms with van der Waals surface area (Å²) in [6.07, 6.45) is 1.23. The number of anilines is 1. The fourth-order valence-electron chi connectivity index (χ4n) is 4.95. The number of hydrogen-bond acceptors (Lipinski definition) is 6. The first kappa shape index (κ1) is 20.4. The highest BCUT2D eigenvalue weighted by atomic mass is 16.5. The molecule has 0 aliphatic carbocycles. The molecule has 0 fully saturated rings. The lowest BCUT2D eigenvalue weighted by Gasteiger charge is -2.39. The van der Waals surface area contributed by atoms with E-state index in [0.29, 0.717) is 17.4 Å². The Bertz CT molecular complexity index is 1420. The van der Waals surface area contributed by atoms with Crippen LogP contribution < -0.4 is 19.5 Å². The van der Waals surface area contributed by atoms with Gasteiger partial charge in [-0.15, -0.1) is 0 Å². The second-order valence-electron chi connectivity index (χ2n) is 8.38. The molecule has 7 heteroatoms. The van der Waals surface area contributed by atoms with Crippen molar-refractivity contribution in [3.8, 4) is 17.2 Å². The molecule has 2 aliphatic heterocycles. The van der Waals surface area contributed by atoms with Gasteiger partial charge >= 0.3 is 0 Å². The van der Waals surface area contributed by atoms with Gasteiger partial charge in [0.05, 0.1) is 19.9 Å². The van der Waals surface area contributed by atoms with Gasteiger partial charge in [-0.1, -0.05) is 54.1 Å². The maximum absolute atomic E-state index is 6.68. The highest BCUT2D eigenvalue weighted by Gasteiger charge is 2.42. The summed E-state index contributed by atoms with van der Waals surface area (Å²) in [5.41, 5.74) is 6.16. The maximum Gasteiger partial charge on any atom is 0.226 e. The normalized spacial score (nSPS) is 18.2. The van der Waals surface area contributed by atoms with Crippen molar-refractivity contribution in [2.24, 2.45) is 0 Å². The van der Waals surface area contributed by atoms with Crippen molar-refractivity contribution in [1.29, 1.82) is 0 Å². The van der Waals surface area contributed by atoms with Crippen molar-refractivity contribution in [2.45, 2.75) is 19.1 Å². The predicted molar refractivity (Wildman–Crippen MR) is 129 cm³/mol. The Morgan fingerprint density at radius 3 is 2.65 bits per heavy atom. The molecule has 2 atom stereocenters. The molecule has 0 amide bonds. The van der Waals surface area contributed by atoms with Crippen LogP contribution in [0.15, 0.2) is 78.6 Å². The van der Waals surface area contributed by atoms with Gasteiger partial charge < -0.3 is 19.5 Å². The third-order valence-electron chi connectivity index (χ3n) is 6.39. The average Bonchev–Trinajstić information content (AvgIpc) is 3.34. The Kier molecular flexibility index (Phi) is 4.76. The zero-order chi connectivity index (χ0) is 23.2. The van der Waals surface area contributed by atoms with Crippen LogP contribution in [-0.4, -0.2) is 29.0 Å². The van der Waals surface area contributed by atoms with E-state index in [1.165, 1.54) is 5.56 Å². The fraction of sp³-hybridized carbons (Fsp3) is 0.185. The Labute approximate surface area is 197 Å². The largest absolute Gasteiger partial charge is 0.493 e. The van der Waals surface area contributed by atoms with Crippen molar-refractivity contribution < 1.29 is 14.2 Å². The van der Waals surface area contributed by atoms with E-state index < -0.39 is 0 Å². The molecular formula is C27H24N4O3. The van der Waals surface area contributed by atoms with Gasteiger partial charge in [0.15, 0.2) is 11.5 Å². The first-order chi connectivity index (χ1) is 16.7. The molecule has 1 aromatic heterocycles. The van der Waals surface area contributed by atoms with Gasteiger partial charge in [-0.2, -0.15) is 10.1 Å². The second-order valence-corrected chi connectivity index (χ2v) is 8.38. The smallest absolute Gasteiger partial charge is 0.226 e. The minimum absolute atomic E-state index is 0.322. The van der Waals surface area contributed by atoms with E-state index in [2.05, 4.69) is 52.7 Å². The van der Waals surface area contributed by atoms with Crippen LogP contribution in [0.3, 0.4) is 0 Å². The summed E-state index contributed by atoms with van der Waals surface area (Å²) in [5.74, 6) is 2.80. The molecule has 6 rings (SSSR count). The number of nitrogens with one attached hydrogen (secondary N) is 1. The Balaban J connectivity index is 1.66. The maximum atomic E-state index is 6.68. The summed E-state index contributed by atoms with van der Waals surface area (Å²) in [5, 5.41) is 8.13. The fourth-order valence-corrected chi connectivity index (χ4v) is 4.95. The summed E-state index contributed by atoms with van der Waals surface area (Å²) < 4.78 is 20.0. The number of ether oxygens (including phenoxy) is 3. The lowest BCUT2D eigenvalue weighted by molar-refractivity contribution is 0.222. The molecule has 3 aromatic carbocycles. The standard InChI is InChI=1S/C27H24N4O3/c1-16-8-6-9-17(14-16)25-22-23(18-10-4-5-12-20(18)34-25)30-27-28-15-29-31(27)24(22)19-11-7-13-21(32-2)26(19)33-3/h4-15,24-25H,1-3H3,(H,28,29,30)/t24-,25+/m1/s1. The third-order valence-corrected chi connectivity index (χ3v) is 6.39. The molecule has 170 valence electrons. The van der Waals surface area contributed by atoms with E-state index in [-0.39, 0.29) is 12.1 Å². The van der Waals surface area contributed by atoms with Crippen molar-refractivity contribution in [3.63, 3.8) is 0 Å². The molecule has 0 saturated carbocycles. The van der Waals surface area contributed by atoms with E-state index >= 15 is 0 Å². The van der Waals surface area contributed by atoms with Gasteiger partial charge in [-0.3, -0.25) is 0 Å². The number of fused-ring (bicyclic) bond motifs is 3. The lowest BCUT2D eigenvalue weighted by atomic mass is 9.84. The van der Waals surface area contributed by atoms with Crippen molar-refractivity contribution >= 4 is 11.6 Å². The van der Waals surface area contributed by atoms with Crippen molar-refractivity contribution in [3.05, 3.63) is 101 Å². The number of aromatic nitrogens is 3. The highest BCUT2D eigenvalue weighted by molar-refractivity contribution is 5.85. The lowest BCUT2D eigenvalue weighted by Crippen LogP contribution is -2.32. The van der Waals surface area contributed by atoms with Crippen LogP contribution in [-0.2, 0) is 0 Å². The molecule has 0 unspecified atom stereocenters. The summed E-state index contributed by atoms with van der Waals surface area (Å²) in [7, 11) is 3.30. The summed E-state index contributed by atoms with van der Waals surface area (Å²) in [6.45, 7) is 2.09. The molecule has 0 radical (unpaired) electrons. The van der Waals surface area contributed by atoms with Crippen LogP contribution in [0.5, 0.6) is 17.2 Å². The predicted octanol–water partition coefficient (Wildman–Crippen LogP) is 5.16. The molecule has 2 aliphatic rings. The molecule has 34 heavy (non-hydrogen) atoms. The molecule has 0 spiro atoms. The summed E-state index contributed by atoms with van der Waals surface area (Å²) >= 11 is 0. The summed E-state index contributed by atoms with van der Waals surface area (Å²) in [4.78, 5) is 4.50. The summed E-state index contributed by atoms with van der Waals surface area (Å²) in [6, 6.07) is 22.1. The first-order valence-corrected chi connectivity index (χ1v) is 11.1. The van der Waals surface area contributed by atoms with E-state index in [4.69, 9.17) is 14.2 Å². The highest BCUT2D eigenvalue weighted by Crippen LogP contribution is 2.52. The number of aryl methyl sites for hydroxylation is 1. The Hall–Kier alpha value is -4.26. The van der Waals surface area contributed by atoms with Crippen LogP contribution in [0.1, 0.15) is 34.4 Å². The molecule has 0 saturated heterocycles. The van der Waals surface area contributed by atoms with Crippen LogP contribution in [0.25, 0.3) is 5.70 Å². The molecule has 0 bridgehead atoms. The van der Waals surface area contributed by atoms with E-state index in [9.17, 15) is 0 Å². The first-order valence-electron chi connectivity index (χ1n) is 11.1. The number of hydrogen-bond donors (Lipinski definition) is 1.